The molecule has 32 heavy (non-hydrogen) atoms. The quantitative estimate of drug-likeness (QED) is 0.435. The molecule has 0 spiro atoms. The van der Waals surface area contributed by atoms with Crippen LogP contribution in [-0.4, -0.2) is 90.1 Å². The summed E-state index contributed by atoms with van der Waals surface area (Å²) in [6, 6.07) is -0.209. The van der Waals surface area contributed by atoms with Crippen molar-refractivity contribution in [2.75, 3.05) is 63.3 Å². The second-order valence-corrected chi connectivity index (χ2v) is 8.29. The Balaban J connectivity index is 1.39. The van der Waals surface area contributed by atoms with Crippen LogP contribution in [0.4, 0.5) is 11.5 Å². The number of aromatic nitrogens is 4. The van der Waals surface area contributed by atoms with Gasteiger partial charge in [0.2, 0.25) is 5.91 Å². The van der Waals surface area contributed by atoms with E-state index in [0.29, 0.717) is 61.3 Å². The highest BCUT2D eigenvalue weighted by atomic mass is 79.9. The Hall–Kier alpha value is -2.28. The largest absolute Gasteiger partial charge is 0.382 e. The molecule has 3 rings (SSSR count). The van der Waals surface area contributed by atoms with Crippen molar-refractivity contribution in [1.82, 2.24) is 25.1 Å². The summed E-state index contributed by atoms with van der Waals surface area (Å²) < 4.78 is 11.3. The molecule has 13 heteroatoms. The van der Waals surface area contributed by atoms with Gasteiger partial charge in [-0.15, -0.1) is 0 Å². The molecule has 11 nitrogen and oxygen atoms in total. The van der Waals surface area contributed by atoms with Crippen molar-refractivity contribution >= 4 is 44.9 Å². The van der Waals surface area contributed by atoms with E-state index in [4.69, 9.17) is 21.1 Å². The van der Waals surface area contributed by atoms with Gasteiger partial charge in [-0.25, -0.2) is 15.1 Å². The highest BCUT2D eigenvalue weighted by Crippen LogP contribution is 2.17. The molecule has 1 amide bonds. The third-order valence-corrected chi connectivity index (χ3v) is 5.85. The van der Waals surface area contributed by atoms with Gasteiger partial charge in [-0.1, -0.05) is 11.6 Å². The number of amides is 1. The topological polar surface area (TPSA) is 126 Å². The first-order chi connectivity index (χ1) is 15.5. The number of H-pyrrole nitrogens is 1. The van der Waals surface area contributed by atoms with Crippen molar-refractivity contribution in [3.8, 4) is 0 Å². The zero-order valence-electron chi connectivity index (χ0n) is 17.6. The first-order valence-corrected chi connectivity index (χ1v) is 11.2. The molecule has 0 bridgehead atoms. The Morgan fingerprint density at radius 3 is 2.72 bits per heavy atom. The van der Waals surface area contributed by atoms with Gasteiger partial charge >= 0.3 is 0 Å². The smallest absolute Gasteiger partial charge is 0.280 e. The summed E-state index contributed by atoms with van der Waals surface area (Å²) in [6.07, 6.45) is 4.95. The summed E-state index contributed by atoms with van der Waals surface area (Å²) in [4.78, 5) is 36.4. The van der Waals surface area contributed by atoms with E-state index >= 15 is 0 Å². The normalized spacial score (nSPS) is 15.0. The molecule has 0 aromatic carbocycles. The van der Waals surface area contributed by atoms with Gasteiger partial charge < -0.3 is 24.6 Å². The number of carbonyl (C=O) groups excluding carboxylic acids is 1. The van der Waals surface area contributed by atoms with E-state index in [1.54, 1.807) is 13.3 Å². The van der Waals surface area contributed by atoms with Gasteiger partial charge in [0.1, 0.15) is 15.4 Å². The van der Waals surface area contributed by atoms with Crippen molar-refractivity contribution in [2.45, 2.75) is 12.5 Å². The highest BCUT2D eigenvalue weighted by molar-refractivity contribution is 9.10. The fraction of sp³-hybridized carbons (Fsp3) is 0.526. The number of hydrogen-bond acceptors (Lipinski definition) is 9. The molecule has 3 heterocycles. The molecule has 2 aromatic heterocycles. The number of methoxy groups -OCH3 is 1. The maximum atomic E-state index is 12.5. The zero-order valence-corrected chi connectivity index (χ0v) is 19.9. The Morgan fingerprint density at radius 1 is 1.25 bits per heavy atom. The van der Waals surface area contributed by atoms with Gasteiger partial charge in [0, 0.05) is 33.3 Å². The number of nitrogens with one attached hydrogen (secondary N) is 2. The third-order valence-electron chi connectivity index (χ3n) is 4.87. The first kappa shape index (κ1) is 24.4. The maximum Gasteiger partial charge on any atom is 0.280 e. The van der Waals surface area contributed by atoms with E-state index in [-0.39, 0.29) is 23.9 Å². The molecule has 0 aliphatic carbocycles. The maximum absolute atomic E-state index is 12.5. The van der Waals surface area contributed by atoms with Gasteiger partial charge in [0.05, 0.1) is 56.6 Å². The second-order valence-electron chi connectivity index (χ2n) is 7.11. The highest BCUT2D eigenvalue weighted by Gasteiger charge is 2.22. The zero-order chi connectivity index (χ0) is 22.9. The minimum Gasteiger partial charge on any atom is -0.382 e. The van der Waals surface area contributed by atoms with E-state index in [0.717, 1.165) is 5.82 Å². The number of ether oxygens (including phenoxy) is 2. The van der Waals surface area contributed by atoms with Crippen LogP contribution in [0.15, 0.2) is 27.9 Å². The van der Waals surface area contributed by atoms with Gasteiger partial charge in [-0.05, 0) is 15.9 Å². The van der Waals surface area contributed by atoms with Crippen LogP contribution < -0.4 is 15.8 Å². The molecule has 2 aromatic rings. The van der Waals surface area contributed by atoms with Crippen molar-refractivity contribution in [3.05, 3.63) is 38.6 Å². The fourth-order valence-corrected chi connectivity index (χ4v) is 3.64. The molecule has 1 aliphatic rings. The minimum absolute atomic E-state index is 0.0460. The Labute approximate surface area is 198 Å². The summed E-state index contributed by atoms with van der Waals surface area (Å²) in [6.45, 7) is 3.55. The Bertz CT molecular complexity index is 938. The van der Waals surface area contributed by atoms with Crippen LogP contribution in [0.1, 0.15) is 6.42 Å². The van der Waals surface area contributed by atoms with E-state index in [1.165, 1.54) is 12.4 Å². The van der Waals surface area contributed by atoms with E-state index in [2.05, 4.69) is 46.3 Å². The minimum atomic E-state index is -0.333. The van der Waals surface area contributed by atoms with Crippen LogP contribution >= 0.6 is 27.5 Å². The van der Waals surface area contributed by atoms with Crippen LogP contribution in [0.25, 0.3) is 0 Å². The van der Waals surface area contributed by atoms with Crippen LogP contribution in [0.2, 0.25) is 5.15 Å². The predicted molar refractivity (Wildman–Crippen MR) is 123 cm³/mol. The lowest BCUT2D eigenvalue weighted by Crippen LogP contribution is -2.49. The number of piperazine rings is 1. The van der Waals surface area contributed by atoms with E-state index in [9.17, 15) is 9.59 Å². The van der Waals surface area contributed by atoms with Crippen LogP contribution in [0, 0.1) is 0 Å². The Kier molecular flexibility index (Phi) is 9.21. The van der Waals surface area contributed by atoms with Crippen molar-refractivity contribution in [1.29, 1.82) is 0 Å². The number of nitrogens with zero attached hydrogens (tertiary/aromatic N) is 5. The standard InChI is InChI=1S/C19H25BrClN7O4/c1-31-11-13(25-14-8-24-26-19(30)18(14)20)12-32-7-2-17(29)28-5-3-27(4-6-28)16-10-22-15(21)9-23-16/h8-10,13H,2-7,11-12H2,1H3,(H2,25,26,30). The molecule has 1 saturated heterocycles. The summed E-state index contributed by atoms with van der Waals surface area (Å²) in [5.74, 6) is 0.799. The van der Waals surface area contributed by atoms with Crippen molar-refractivity contribution < 1.29 is 14.3 Å². The van der Waals surface area contributed by atoms with Gasteiger partial charge in [-0.3, -0.25) is 9.59 Å². The third kappa shape index (κ3) is 6.86. The fourth-order valence-electron chi connectivity index (χ4n) is 3.23. The molecule has 174 valence electrons. The lowest BCUT2D eigenvalue weighted by Gasteiger charge is -2.35. The summed E-state index contributed by atoms with van der Waals surface area (Å²) in [5, 5.41) is 9.64. The van der Waals surface area contributed by atoms with Crippen LogP contribution in [-0.2, 0) is 14.3 Å². The molecule has 1 atom stereocenters. The van der Waals surface area contributed by atoms with Gasteiger partial charge in [0.15, 0.2) is 0 Å². The van der Waals surface area contributed by atoms with Gasteiger partial charge in [0.25, 0.3) is 5.56 Å². The van der Waals surface area contributed by atoms with E-state index in [1.807, 2.05) is 4.90 Å². The molecule has 1 aliphatic heterocycles. The summed E-state index contributed by atoms with van der Waals surface area (Å²) in [5.41, 5.74) is 0.208. The number of carbonyl (C=O) groups is 1. The van der Waals surface area contributed by atoms with Gasteiger partial charge in [-0.2, -0.15) is 5.10 Å². The van der Waals surface area contributed by atoms with Crippen LogP contribution in [0.5, 0.6) is 0 Å². The Morgan fingerprint density at radius 2 is 2.03 bits per heavy atom. The molecule has 0 saturated carbocycles. The first-order valence-electron chi connectivity index (χ1n) is 10.0. The second kappa shape index (κ2) is 12.1. The summed E-state index contributed by atoms with van der Waals surface area (Å²) in [7, 11) is 1.58. The van der Waals surface area contributed by atoms with E-state index < -0.39 is 0 Å². The van der Waals surface area contributed by atoms with Crippen LogP contribution in [0.3, 0.4) is 0 Å². The average molecular weight is 531 g/mol. The molecule has 2 N–H and O–H groups in total. The molecular formula is C19H25BrClN7O4. The number of halogens is 2. The molecule has 0 radical (unpaired) electrons. The summed E-state index contributed by atoms with van der Waals surface area (Å²) >= 11 is 9.01. The predicted octanol–water partition coefficient (Wildman–Crippen LogP) is 1.16. The number of aromatic amines is 1. The van der Waals surface area contributed by atoms with Crippen molar-refractivity contribution in [3.63, 3.8) is 0 Å². The molecule has 1 fully saturated rings. The lowest BCUT2D eigenvalue weighted by atomic mass is 10.2. The number of rotatable bonds is 10. The van der Waals surface area contributed by atoms with Crippen molar-refractivity contribution in [2.24, 2.45) is 0 Å². The monoisotopic (exact) mass is 529 g/mol. The SMILES string of the molecule is COCC(COCCC(=O)N1CCN(c2cnc(Cl)cn2)CC1)Nc1cn[nH]c(=O)c1Br. The number of anilines is 2. The number of hydrogen-bond donors (Lipinski definition) is 2. The molecular weight excluding hydrogens is 506 g/mol. The lowest BCUT2D eigenvalue weighted by molar-refractivity contribution is -0.132. The average Bonchev–Trinajstić information content (AvgIpc) is 2.80. The molecule has 1 unspecified atom stereocenters.